The fraction of sp³-hybridized carbons (Fsp3) is 0.467. The van der Waals surface area contributed by atoms with Crippen LogP contribution in [-0.4, -0.2) is 51.2 Å². The van der Waals surface area contributed by atoms with Crippen molar-refractivity contribution in [2.75, 3.05) is 23.8 Å². The van der Waals surface area contributed by atoms with Crippen LogP contribution in [0, 0.1) is 0 Å². The van der Waals surface area contributed by atoms with Gasteiger partial charge in [0.2, 0.25) is 3.79 Å². The Kier molecular flexibility index (Phi) is 4.94. The fourth-order valence-electron chi connectivity index (χ4n) is 3.17. The summed E-state index contributed by atoms with van der Waals surface area (Å²) in [6.07, 6.45) is -0.927. The first-order chi connectivity index (χ1) is 11.7. The summed E-state index contributed by atoms with van der Waals surface area (Å²) in [4.78, 5) is 27.9. The second kappa shape index (κ2) is 6.72. The number of nitrogens with two attached hydrogens (primary N) is 1. The Morgan fingerprint density at radius 2 is 2.12 bits per heavy atom. The molecular weight excluding hydrogens is 393 g/mol. The molecule has 0 spiro atoms. The van der Waals surface area contributed by atoms with Gasteiger partial charge in [0.1, 0.15) is 6.61 Å². The summed E-state index contributed by atoms with van der Waals surface area (Å²) in [7, 11) is 0. The zero-order valence-corrected chi connectivity index (χ0v) is 15.3. The van der Waals surface area contributed by atoms with E-state index in [1.54, 1.807) is 11.0 Å². The van der Waals surface area contributed by atoms with Gasteiger partial charge in [-0.15, -0.1) is 0 Å². The van der Waals surface area contributed by atoms with Crippen molar-refractivity contribution >= 4 is 58.2 Å². The van der Waals surface area contributed by atoms with Crippen molar-refractivity contribution in [3.63, 3.8) is 0 Å². The summed E-state index contributed by atoms with van der Waals surface area (Å²) < 4.78 is 3.22. The molecule has 1 aromatic carbocycles. The second-order valence-electron chi connectivity index (χ2n) is 5.94. The van der Waals surface area contributed by atoms with Gasteiger partial charge in [-0.25, -0.2) is 9.69 Å². The number of nitrogen functional groups attached to an aromatic ring is 1. The molecule has 25 heavy (non-hydrogen) atoms. The largest absolute Gasteiger partial charge is 0.445 e. The van der Waals surface area contributed by atoms with Gasteiger partial charge in [-0.1, -0.05) is 34.8 Å². The maximum absolute atomic E-state index is 12.8. The Hall–Kier alpha value is -1.41. The summed E-state index contributed by atoms with van der Waals surface area (Å²) in [5.74, 6) is -0.270. The van der Waals surface area contributed by atoms with E-state index in [1.807, 2.05) is 0 Å². The van der Waals surface area contributed by atoms with Gasteiger partial charge >= 0.3 is 6.09 Å². The van der Waals surface area contributed by atoms with Crippen molar-refractivity contribution in [2.24, 2.45) is 0 Å². The topological polar surface area (TPSA) is 96.1 Å². The molecular formula is C15H16Cl3N3O4. The molecule has 136 valence electrons. The van der Waals surface area contributed by atoms with Crippen LogP contribution in [0.5, 0.6) is 0 Å². The van der Waals surface area contributed by atoms with Crippen LogP contribution in [0.1, 0.15) is 23.2 Å². The van der Waals surface area contributed by atoms with Crippen molar-refractivity contribution in [2.45, 2.75) is 28.9 Å². The van der Waals surface area contributed by atoms with Crippen LogP contribution in [0.2, 0.25) is 0 Å². The Balaban J connectivity index is 2.02. The number of anilines is 2. The van der Waals surface area contributed by atoms with Crippen molar-refractivity contribution < 1.29 is 19.4 Å². The van der Waals surface area contributed by atoms with Gasteiger partial charge in [0, 0.05) is 12.2 Å². The number of benzene rings is 1. The molecule has 1 fully saturated rings. The Labute approximate surface area is 159 Å². The van der Waals surface area contributed by atoms with Crippen molar-refractivity contribution in [1.29, 1.82) is 0 Å². The number of rotatable bonds is 1. The summed E-state index contributed by atoms with van der Waals surface area (Å²) >= 11 is 16.8. The van der Waals surface area contributed by atoms with Crippen LogP contribution < -0.4 is 10.6 Å². The molecule has 0 radical (unpaired) electrons. The van der Waals surface area contributed by atoms with Gasteiger partial charge in [0.05, 0.1) is 17.3 Å². The highest BCUT2D eigenvalue weighted by atomic mass is 35.6. The lowest BCUT2D eigenvalue weighted by Gasteiger charge is -2.32. The lowest BCUT2D eigenvalue weighted by atomic mass is 10.1. The summed E-state index contributed by atoms with van der Waals surface area (Å²) in [5.41, 5.74) is 6.55. The van der Waals surface area contributed by atoms with Crippen LogP contribution in [-0.2, 0) is 4.74 Å². The smallest absolute Gasteiger partial charge is 0.416 e. The van der Waals surface area contributed by atoms with Crippen LogP contribution in [0.4, 0.5) is 16.2 Å². The number of aliphatic hydroxyl groups excluding tert-OH is 1. The number of aliphatic hydroxyl groups is 1. The molecule has 0 saturated carbocycles. The molecule has 3 rings (SSSR count). The van der Waals surface area contributed by atoms with E-state index in [2.05, 4.69) is 0 Å². The van der Waals surface area contributed by atoms with Gasteiger partial charge in [-0.05, 0) is 31.0 Å². The number of nitrogens with zero attached hydrogens (tertiary/aromatic N) is 2. The van der Waals surface area contributed by atoms with E-state index in [9.17, 15) is 14.7 Å². The molecule has 10 heteroatoms. The third-order valence-electron chi connectivity index (χ3n) is 4.24. The van der Waals surface area contributed by atoms with E-state index in [1.165, 1.54) is 12.1 Å². The number of carbonyl (C=O) groups excluding carboxylic acids is 2. The third-order valence-corrected chi connectivity index (χ3v) is 4.56. The Morgan fingerprint density at radius 3 is 2.80 bits per heavy atom. The van der Waals surface area contributed by atoms with E-state index in [0.29, 0.717) is 18.7 Å². The van der Waals surface area contributed by atoms with Crippen LogP contribution >= 0.6 is 34.8 Å². The number of alkyl halides is 3. The minimum Gasteiger partial charge on any atom is -0.445 e. The molecule has 3 N–H and O–H groups in total. The molecule has 2 atom stereocenters. The third kappa shape index (κ3) is 3.60. The summed E-state index contributed by atoms with van der Waals surface area (Å²) in [6, 6.07) is 3.98. The first kappa shape index (κ1) is 18.4. The predicted molar refractivity (Wildman–Crippen MR) is 95.0 cm³/mol. The van der Waals surface area contributed by atoms with E-state index in [0.717, 1.165) is 11.3 Å². The SMILES string of the molecule is Nc1ccc2c(c1)N(C(=O)OCC(Cl)(Cl)Cl)[C@@H](O)[C@@H]1CCCN1C2=O. The maximum Gasteiger partial charge on any atom is 0.416 e. The second-order valence-corrected chi connectivity index (χ2v) is 8.45. The molecule has 0 unspecified atom stereocenters. The highest BCUT2D eigenvalue weighted by Gasteiger charge is 2.45. The van der Waals surface area contributed by atoms with Gasteiger partial charge in [-0.2, -0.15) is 0 Å². The standard InChI is InChI=1S/C15H16Cl3N3O4/c16-15(17,18)7-25-14(24)21-11-6-8(19)3-4-9(11)12(22)20-5-1-2-10(20)13(21)23/h3-4,6,10,13,23H,1-2,5,7,19H2/t10-,13-/m0/s1. The van der Waals surface area contributed by atoms with Gasteiger partial charge in [0.25, 0.3) is 5.91 Å². The van der Waals surface area contributed by atoms with E-state index >= 15 is 0 Å². The number of hydrogen-bond acceptors (Lipinski definition) is 5. The van der Waals surface area contributed by atoms with Gasteiger partial charge in [-0.3, -0.25) is 4.79 Å². The zero-order chi connectivity index (χ0) is 18.4. The molecule has 7 nitrogen and oxygen atoms in total. The van der Waals surface area contributed by atoms with Crippen LogP contribution in [0.3, 0.4) is 0 Å². The first-order valence-corrected chi connectivity index (χ1v) is 8.74. The maximum atomic E-state index is 12.8. The lowest BCUT2D eigenvalue weighted by Crippen LogP contribution is -2.51. The molecule has 0 aliphatic carbocycles. The fourth-order valence-corrected chi connectivity index (χ4v) is 3.34. The Morgan fingerprint density at radius 1 is 1.40 bits per heavy atom. The van der Waals surface area contributed by atoms with E-state index in [-0.39, 0.29) is 17.2 Å². The molecule has 2 aliphatic heterocycles. The number of amides is 2. The number of ether oxygens (including phenoxy) is 1. The quantitative estimate of drug-likeness (QED) is 0.550. The number of fused-ring (bicyclic) bond motifs is 2. The molecule has 0 aromatic heterocycles. The molecule has 1 aromatic rings. The van der Waals surface area contributed by atoms with Crippen molar-refractivity contribution in [3.05, 3.63) is 23.8 Å². The van der Waals surface area contributed by atoms with E-state index < -0.39 is 28.8 Å². The normalized spacial score (nSPS) is 23.1. The van der Waals surface area contributed by atoms with Gasteiger partial charge in [0.15, 0.2) is 6.23 Å². The van der Waals surface area contributed by atoms with Gasteiger partial charge < -0.3 is 20.5 Å². The summed E-state index contributed by atoms with van der Waals surface area (Å²) in [5, 5.41) is 10.8. The highest BCUT2D eigenvalue weighted by Crippen LogP contribution is 2.36. The zero-order valence-electron chi connectivity index (χ0n) is 13.0. The molecule has 0 bridgehead atoms. The number of hydrogen-bond donors (Lipinski definition) is 2. The Bertz CT molecular complexity index is 710. The minimum absolute atomic E-state index is 0.168. The van der Waals surface area contributed by atoms with Crippen molar-refractivity contribution in [3.8, 4) is 0 Å². The van der Waals surface area contributed by atoms with E-state index in [4.69, 9.17) is 45.3 Å². The summed E-state index contributed by atoms with van der Waals surface area (Å²) in [6.45, 7) is 0.00110. The van der Waals surface area contributed by atoms with Crippen LogP contribution in [0.25, 0.3) is 0 Å². The monoisotopic (exact) mass is 407 g/mol. The molecule has 1 saturated heterocycles. The highest BCUT2D eigenvalue weighted by molar-refractivity contribution is 6.67. The molecule has 2 amide bonds. The molecule has 2 heterocycles. The van der Waals surface area contributed by atoms with Crippen molar-refractivity contribution in [1.82, 2.24) is 4.90 Å². The minimum atomic E-state index is -1.79. The number of halogens is 3. The lowest BCUT2D eigenvalue weighted by molar-refractivity contribution is 0.0491. The predicted octanol–water partition coefficient (Wildman–Crippen LogP) is 2.52. The average Bonchev–Trinajstić information content (AvgIpc) is 2.99. The average molecular weight is 409 g/mol. The number of carbonyl (C=O) groups is 2. The van der Waals surface area contributed by atoms with Crippen LogP contribution in [0.15, 0.2) is 18.2 Å². The first-order valence-electron chi connectivity index (χ1n) is 7.60. The molecule has 2 aliphatic rings.